The van der Waals surface area contributed by atoms with Gasteiger partial charge in [-0.1, -0.05) is 0 Å². The molecular weight excluding hydrogens is 209 g/mol. The van der Waals surface area contributed by atoms with E-state index in [0.717, 1.165) is 18.8 Å². The Balaban J connectivity index is 1.77. The van der Waals surface area contributed by atoms with Crippen molar-refractivity contribution >= 4 is 0 Å². The number of alkyl halides is 1. The SMILES string of the molecule is Cc1ccn(CC(F)CN2CCOCC2)n1. The van der Waals surface area contributed by atoms with E-state index in [1.807, 2.05) is 19.2 Å². The van der Waals surface area contributed by atoms with Crippen LogP contribution in [0.25, 0.3) is 0 Å². The van der Waals surface area contributed by atoms with Gasteiger partial charge in [-0.05, 0) is 13.0 Å². The summed E-state index contributed by atoms with van der Waals surface area (Å²) in [4.78, 5) is 2.10. The largest absolute Gasteiger partial charge is 0.379 e. The molecule has 1 atom stereocenters. The van der Waals surface area contributed by atoms with Crippen LogP contribution in [0.5, 0.6) is 0 Å². The second kappa shape index (κ2) is 5.41. The molecule has 1 aliphatic rings. The fourth-order valence-electron chi connectivity index (χ4n) is 1.89. The molecule has 4 nitrogen and oxygen atoms in total. The maximum absolute atomic E-state index is 13.7. The number of ether oxygens (including phenoxy) is 1. The molecule has 1 fully saturated rings. The monoisotopic (exact) mass is 227 g/mol. The van der Waals surface area contributed by atoms with E-state index in [4.69, 9.17) is 4.74 Å². The second-order valence-electron chi connectivity index (χ2n) is 4.19. The summed E-state index contributed by atoms with van der Waals surface area (Å²) >= 11 is 0. The molecule has 5 heteroatoms. The number of morpholine rings is 1. The first-order valence-electron chi connectivity index (χ1n) is 5.68. The Kier molecular flexibility index (Phi) is 3.90. The minimum absolute atomic E-state index is 0.338. The van der Waals surface area contributed by atoms with Crippen molar-refractivity contribution in [2.45, 2.75) is 19.6 Å². The molecule has 0 bridgehead atoms. The Morgan fingerprint density at radius 3 is 2.81 bits per heavy atom. The van der Waals surface area contributed by atoms with Gasteiger partial charge in [-0.2, -0.15) is 5.10 Å². The highest BCUT2D eigenvalue weighted by Gasteiger charge is 2.16. The van der Waals surface area contributed by atoms with Crippen LogP contribution in [0.4, 0.5) is 4.39 Å². The Morgan fingerprint density at radius 2 is 2.19 bits per heavy atom. The molecule has 0 N–H and O–H groups in total. The average Bonchev–Trinajstić information content (AvgIpc) is 2.65. The van der Waals surface area contributed by atoms with Crippen molar-refractivity contribution in [1.82, 2.24) is 14.7 Å². The molecule has 16 heavy (non-hydrogen) atoms. The number of halogens is 1. The molecule has 1 unspecified atom stereocenters. The summed E-state index contributed by atoms with van der Waals surface area (Å²) < 4.78 is 20.6. The third-order valence-electron chi connectivity index (χ3n) is 2.72. The van der Waals surface area contributed by atoms with Gasteiger partial charge in [0.1, 0.15) is 6.17 Å². The lowest BCUT2D eigenvalue weighted by molar-refractivity contribution is 0.0251. The van der Waals surface area contributed by atoms with E-state index in [0.29, 0.717) is 26.3 Å². The van der Waals surface area contributed by atoms with Gasteiger partial charge in [0.15, 0.2) is 0 Å². The van der Waals surface area contributed by atoms with Gasteiger partial charge in [0.25, 0.3) is 0 Å². The molecule has 1 aromatic rings. The summed E-state index contributed by atoms with van der Waals surface area (Å²) in [5, 5.41) is 4.18. The average molecular weight is 227 g/mol. The third kappa shape index (κ3) is 3.28. The van der Waals surface area contributed by atoms with Crippen LogP contribution in [0.3, 0.4) is 0 Å². The maximum atomic E-state index is 13.7. The van der Waals surface area contributed by atoms with Crippen molar-refractivity contribution < 1.29 is 9.13 Å². The van der Waals surface area contributed by atoms with Crippen molar-refractivity contribution in [2.24, 2.45) is 0 Å². The van der Waals surface area contributed by atoms with E-state index in [2.05, 4.69) is 10.00 Å². The summed E-state index contributed by atoms with van der Waals surface area (Å²) in [6.45, 7) is 5.82. The molecule has 1 aliphatic heterocycles. The summed E-state index contributed by atoms with van der Waals surface area (Å²) in [6, 6.07) is 1.89. The third-order valence-corrected chi connectivity index (χ3v) is 2.72. The van der Waals surface area contributed by atoms with E-state index >= 15 is 0 Å². The summed E-state index contributed by atoms with van der Waals surface area (Å²) in [5.41, 5.74) is 0.929. The Labute approximate surface area is 95.0 Å². The topological polar surface area (TPSA) is 30.3 Å². The van der Waals surface area contributed by atoms with E-state index < -0.39 is 6.17 Å². The minimum atomic E-state index is -0.864. The van der Waals surface area contributed by atoms with E-state index in [1.165, 1.54) is 0 Å². The van der Waals surface area contributed by atoms with Gasteiger partial charge >= 0.3 is 0 Å². The number of hydrogen-bond acceptors (Lipinski definition) is 3. The fourth-order valence-corrected chi connectivity index (χ4v) is 1.89. The molecule has 2 heterocycles. The van der Waals surface area contributed by atoms with Crippen LogP contribution in [-0.4, -0.2) is 53.7 Å². The quantitative estimate of drug-likeness (QED) is 0.764. The van der Waals surface area contributed by atoms with Crippen LogP contribution in [0.1, 0.15) is 5.69 Å². The standard InChI is InChI=1S/C11H18FN3O/c1-10-2-3-15(13-10)9-11(12)8-14-4-6-16-7-5-14/h2-3,11H,4-9H2,1H3. The molecule has 0 radical (unpaired) electrons. The zero-order chi connectivity index (χ0) is 11.4. The highest BCUT2D eigenvalue weighted by Crippen LogP contribution is 2.04. The molecule has 0 spiro atoms. The van der Waals surface area contributed by atoms with Gasteiger partial charge in [0, 0.05) is 25.8 Å². The molecule has 0 aromatic carbocycles. The lowest BCUT2D eigenvalue weighted by Gasteiger charge is -2.27. The van der Waals surface area contributed by atoms with Gasteiger partial charge in [0.2, 0.25) is 0 Å². The zero-order valence-electron chi connectivity index (χ0n) is 9.60. The van der Waals surface area contributed by atoms with Gasteiger partial charge in [-0.3, -0.25) is 9.58 Å². The van der Waals surface area contributed by atoms with Crippen LogP contribution >= 0.6 is 0 Å². The van der Waals surface area contributed by atoms with Crippen LogP contribution in [0.2, 0.25) is 0 Å². The minimum Gasteiger partial charge on any atom is -0.379 e. The van der Waals surface area contributed by atoms with Crippen LogP contribution in [0, 0.1) is 6.92 Å². The second-order valence-corrected chi connectivity index (χ2v) is 4.19. The van der Waals surface area contributed by atoms with Crippen molar-refractivity contribution in [3.8, 4) is 0 Å². The van der Waals surface area contributed by atoms with E-state index in [1.54, 1.807) is 4.68 Å². The predicted octanol–water partition coefficient (Wildman–Crippen LogP) is 0.862. The first-order valence-corrected chi connectivity index (χ1v) is 5.68. The molecule has 1 saturated heterocycles. The first-order chi connectivity index (χ1) is 7.74. The highest BCUT2D eigenvalue weighted by molar-refractivity contribution is 4.94. The number of aromatic nitrogens is 2. The number of rotatable bonds is 4. The molecule has 0 saturated carbocycles. The Morgan fingerprint density at radius 1 is 1.44 bits per heavy atom. The lowest BCUT2D eigenvalue weighted by Crippen LogP contribution is -2.40. The zero-order valence-corrected chi connectivity index (χ0v) is 9.60. The van der Waals surface area contributed by atoms with Gasteiger partial charge in [-0.25, -0.2) is 4.39 Å². The van der Waals surface area contributed by atoms with E-state index in [9.17, 15) is 4.39 Å². The van der Waals surface area contributed by atoms with Crippen LogP contribution < -0.4 is 0 Å². The number of hydrogen-bond donors (Lipinski definition) is 0. The smallest absolute Gasteiger partial charge is 0.132 e. The Hall–Kier alpha value is -0.940. The molecule has 1 aromatic heterocycles. The predicted molar refractivity (Wildman–Crippen MR) is 59.1 cm³/mol. The van der Waals surface area contributed by atoms with Crippen molar-refractivity contribution in [1.29, 1.82) is 0 Å². The van der Waals surface area contributed by atoms with Gasteiger partial charge in [-0.15, -0.1) is 0 Å². The fraction of sp³-hybridized carbons (Fsp3) is 0.727. The van der Waals surface area contributed by atoms with Crippen LogP contribution in [0.15, 0.2) is 12.3 Å². The normalized spacial score (nSPS) is 19.9. The maximum Gasteiger partial charge on any atom is 0.132 e. The highest BCUT2D eigenvalue weighted by atomic mass is 19.1. The van der Waals surface area contributed by atoms with Gasteiger partial charge < -0.3 is 4.74 Å². The molecule has 2 rings (SSSR count). The number of aryl methyl sites for hydroxylation is 1. The van der Waals surface area contributed by atoms with Gasteiger partial charge in [0.05, 0.1) is 25.5 Å². The summed E-state index contributed by atoms with van der Waals surface area (Å²) in [5.74, 6) is 0. The molecule has 0 amide bonds. The Bertz CT molecular complexity index is 323. The van der Waals surface area contributed by atoms with Crippen molar-refractivity contribution in [3.63, 3.8) is 0 Å². The van der Waals surface area contributed by atoms with Crippen LogP contribution in [-0.2, 0) is 11.3 Å². The van der Waals surface area contributed by atoms with Crippen molar-refractivity contribution in [3.05, 3.63) is 18.0 Å². The summed E-state index contributed by atoms with van der Waals surface area (Å²) in [7, 11) is 0. The lowest BCUT2D eigenvalue weighted by atomic mass is 10.3. The van der Waals surface area contributed by atoms with Crippen molar-refractivity contribution in [2.75, 3.05) is 32.8 Å². The first kappa shape index (κ1) is 11.5. The van der Waals surface area contributed by atoms with E-state index in [-0.39, 0.29) is 0 Å². The molecule has 0 aliphatic carbocycles. The summed E-state index contributed by atoms with van der Waals surface area (Å²) in [6.07, 6.45) is 0.957. The molecule has 90 valence electrons. The molecular formula is C11H18FN3O. The number of nitrogens with zero attached hydrogens (tertiary/aromatic N) is 3.